The summed E-state index contributed by atoms with van der Waals surface area (Å²) >= 11 is 1.80. The number of piperidine rings is 1. The molecule has 2 amide bonds. The van der Waals surface area contributed by atoms with Crippen molar-refractivity contribution in [2.24, 2.45) is 11.7 Å². The summed E-state index contributed by atoms with van der Waals surface area (Å²) in [5.41, 5.74) is 7.65. The molecule has 2 heterocycles. The standard InChI is InChI=1S/C22H25N3O2S/c23-22(27)17-9-6-12-24(13-17)14-21(26)25-18-10-4-5-11-20(18)28-15-19(25)16-7-2-1-3-8-16/h1-5,7-8,10-11,17,19H,6,9,12-15H2,(H2,23,27)/p+1/t17-,19-/m0/s1. The van der Waals surface area contributed by atoms with Gasteiger partial charge in [-0.2, -0.15) is 0 Å². The largest absolute Gasteiger partial charge is 0.369 e. The summed E-state index contributed by atoms with van der Waals surface area (Å²) in [6, 6.07) is 18.4. The fraction of sp³-hybridized carbons (Fsp3) is 0.364. The number of hydrogen-bond donors (Lipinski definition) is 2. The number of para-hydroxylation sites is 1. The third-order valence-corrected chi connectivity index (χ3v) is 6.85. The van der Waals surface area contributed by atoms with Crippen LogP contribution in [0.2, 0.25) is 0 Å². The smallest absolute Gasteiger partial charge is 0.282 e. The van der Waals surface area contributed by atoms with Gasteiger partial charge in [-0.1, -0.05) is 42.5 Å². The number of amides is 2. The number of hydrogen-bond acceptors (Lipinski definition) is 3. The van der Waals surface area contributed by atoms with E-state index in [9.17, 15) is 9.59 Å². The number of nitrogens with zero attached hydrogens (tertiary/aromatic N) is 1. The van der Waals surface area contributed by atoms with Crippen molar-refractivity contribution in [2.45, 2.75) is 23.8 Å². The Hall–Kier alpha value is -2.31. The second-order valence-corrected chi connectivity index (χ2v) is 8.65. The number of carbonyl (C=O) groups excluding carboxylic acids is 2. The van der Waals surface area contributed by atoms with Crippen molar-refractivity contribution < 1.29 is 14.5 Å². The maximum Gasteiger partial charge on any atom is 0.282 e. The molecule has 0 saturated carbocycles. The van der Waals surface area contributed by atoms with E-state index in [2.05, 4.69) is 18.2 Å². The number of quaternary nitrogens is 1. The van der Waals surface area contributed by atoms with E-state index >= 15 is 0 Å². The molecule has 4 rings (SSSR count). The molecule has 146 valence electrons. The number of primary amides is 1. The lowest BCUT2D eigenvalue weighted by Crippen LogP contribution is -3.15. The normalized spacial score (nSPS) is 24.4. The summed E-state index contributed by atoms with van der Waals surface area (Å²) in [4.78, 5) is 29.3. The van der Waals surface area contributed by atoms with Crippen LogP contribution in [-0.2, 0) is 9.59 Å². The molecule has 0 spiro atoms. The summed E-state index contributed by atoms with van der Waals surface area (Å²) in [5.74, 6) is 0.588. The number of thioether (sulfide) groups is 1. The minimum atomic E-state index is -0.244. The van der Waals surface area contributed by atoms with Crippen LogP contribution in [0.4, 0.5) is 5.69 Å². The molecular weight excluding hydrogens is 370 g/mol. The first-order valence-corrected chi connectivity index (χ1v) is 10.8. The van der Waals surface area contributed by atoms with Crippen LogP contribution in [0.5, 0.6) is 0 Å². The van der Waals surface area contributed by atoms with E-state index in [-0.39, 0.29) is 23.8 Å². The molecule has 5 nitrogen and oxygen atoms in total. The molecule has 2 aliphatic heterocycles. The van der Waals surface area contributed by atoms with Crippen molar-refractivity contribution in [3.63, 3.8) is 0 Å². The first kappa shape index (κ1) is 19.0. The van der Waals surface area contributed by atoms with E-state index in [4.69, 9.17) is 5.73 Å². The third kappa shape index (κ3) is 3.93. The predicted octanol–water partition coefficient (Wildman–Crippen LogP) is 1.65. The van der Waals surface area contributed by atoms with Gasteiger partial charge in [0.05, 0.1) is 30.7 Å². The SMILES string of the molecule is NC(=O)[C@H]1CCC[NH+](CC(=O)N2c3ccccc3SC[C@H]2c2ccccc2)C1. The van der Waals surface area contributed by atoms with Gasteiger partial charge in [-0.25, -0.2) is 0 Å². The van der Waals surface area contributed by atoms with Crippen LogP contribution in [0.1, 0.15) is 24.4 Å². The number of carbonyl (C=O) groups is 2. The van der Waals surface area contributed by atoms with Crippen LogP contribution in [0.3, 0.4) is 0 Å². The van der Waals surface area contributed by atoms with Crippen molar-refractivity contribution in [3.8, 4) is 0 Å². The van der Waals surface area contributed by atoms with Crippen molar-refractivity contribution in [1.82, 2.24) is 0 Å². The Morgan fingerprint density at radius 1 is 1.11 bits per heavy atom. The molecule has 28 heavy (non-hydrogen) atoms. The maximum atomic E-state index is 13.5. The van der Waals surface area contributed by atoms with E-state index in [1.807, 2.05) is 41.3 Å². The Balaban J connectivity index is 1.60. The molecule has 0 bridgehead atoms. The van der Waals surface area contributed by atoms with E-state index in [1.165, 1.54) is 0 Å². The number of anilines is 1. The monoisotopic (exact) mass is 396 g/mol. The lowest BCUT2D eigenvalue weighted by atomic mass is 9.97. The first-order chi connectivity index (χ1) is 13.6. The highest BCUT2D eigenvalue weighted by Gasteiger charge is 2.35. The summed E-state index contributed by atoms with van der Waals surface area (Å²) in [6.07, 6.45) is 1.77. The Morgan fingerprint density at radius 3 is 2.64 bits per heavy atom. The van der Waals surface area contributed by atoms with E-state index in [1.54, 1.807) is 11.8 Å². The quantitative estimate of drug-likeness (QED) is 0.826. The highest BCUT2D eigenvalue weighted by molar-refractivity contribution is 7.99. The number of nitrogens with two attached hydrogens (primary N) is 1. The number of likely N-dealkylation sites (tertiary alicyclic amines) is 1. The fourth-order valence-electron chi connectivity index (χ4n) is 4.27. The van der Waals surface area contributed by atoms with Crippen molar-refractivity contribution >= 4 is 29.3 Å². The lowest BCUT2D eigenvalue weighted by molar-refractivity contribution is -0.899. The van der Waals surface area contributed by atoms with Gasteiger partial charge in [0.15, 0.2) is 6.54 Å². The molecule has 3 atom stereocenters. The highest BCUT2D eigenvalue weighted by atomic mass is 32.2. The average Bonchev–Trinajstić information content (AvgIpc) is 2.73. The molecule has 0 aromatic heterocycles. The Kier molecular flexibility index (Phi) is 5.69. The second kappa shape index (κ2) is 8.37. The second-order valence-electron chi connectivity index (χ2n) is 7.59. The minimum Gasteiger partial charge on any atom is -0.369 e. The Morgan fingerprint density at radius 2 is 1.86 bits per heavy atom. The zero-order chi connectivity index (χ0) is 19.5. The van der Waals surface area contributed by atoms with Gasteiger partial charge in [0.1, 0.15) is 0 Å². The van der Waals surface area contributed by atoms with E-state index < -0.39 is 0 Å². The van der Waals surface area contributed by atoms with Gasteiger partial charge in [0.25, 0.3) is 5.91 Å². The van der Waals surface area contributed by atoms with E-state index in [0.29, 0.717) is 13.1 Å². The molecule has 6 heteroatoms. The van der Waals surface area contributed by atoms with Gasteiger partial charge in [-0.05, 0) is 30.5 Å². The summed E-state index contributed by atoms with van der Waals surface area (Å²) in [7, 11) is 0. The molecule has 2 aromatic rings. The average molecular weight is 397 g/mol. The topological polar surface area (TPSA) is 67.8 Å². The molecule has 1 unspecified atom stereocenters. The molecule has 1 saturated heterocycles. The molecular formula is C22H26N3O2S+. The Bertz CT molecular complexity index is 858. The van der Waals surface area contributed by atoms with Crippen molar-refractivity contribution in [1.29, 1.82) is 0 Å². The molecule has 2 aromatic carbocycles. The van der Waals surface area contributed by atoms with Gasteiger partial charge < -0.3 is 10.6 Å². The van der Waals surface area contributed by atoms with E-state index in [0.717, 1.165) is 46.2 Å². The molecule has 1 fully saturated rings. The van der Waals surface area contributed by atoms with Crippen LogP contribution in [-0.4, -0.2) is 37.2 Å². The first-order valence-electron chi connectivity index (χ1n) is 9.85. The number of fused-ring (bicyclic) bond motifs is 1. The molecule has 0 aliphatic carbocycles. The Labute approximate surface area is 169 Å². The highest BCUT2D eigenvalue weighted by Crippen LogP contribution is 2.42. The van der Waals surface area contributed by atoms with Crippen molar-refractivity contribution in [3.05, 3.63) is 60.2 Å². The maximum absolute atomic E-state index is 13.5. The summed E-state index contributed by atoms with van der Waals surface area (Å²) < 4.78 is 0. The zero-order valence-electron chi connectivity index (χ0n) is 15.8. The predicted molar refractivity (Wildman–Crippen MR) is 111 cm³/mol. The summed E-state index contributed by atoms with van der Waals surface area (Å²) in [5, 5.41) is 0. The molecule has 2 aliphatic rings. The van der Waals surface area contributed by atoms with Crippen LogP contribution >= 0.6 is 11.8 Å². The lowest BCUT2D eigenvalue weighted by Gasteiger charge is -2.38. The van der Waals surface area contributed by atoms with Crippen LogP contribution in [0.15, 0.2) is 59.5 Å². The minimum absolute atomic E-state index is 0.0183. The third-order valence-electron chi connectivity index (χ3n) is 5.71. The number of nitrogens with one attached hydrogen (secondary N) is 1. The number of rotatable bonds is 4. The van der Waals surface area contributed by atoms with Gasteiger partial charge in [0.2, 0.25) is 5.91 Å². The van der Waals surface area contributed by atoms with Gasteiger partial charge in [0, 0.05) is 10.6 Å². The van der Waals surface area contributed by atoms with Crippen molar-refractivity contribution in [2.75, 3.05) is 30.3 Å². The number of benzene rings is 2. The fourth-order valence-corrected chi connectivity index (χ4v) is 5.44. The van der Waals surface area contributed by atoms with Gasteiger partial charge in [-0.3, -0.25) is 14.5 Å². The van der Waals surface area contributed by atoms with Gasteiger partial charge >= 0.3 is 0 Å². The van der Waals surface area contributed by atoms with Gasteiger partial charge in [-0.15, -0.1) is 11.8 Å². The molecule has 3 N–H and O–H groups in total. The van der Waals surface area contributed by atoms with Crippen LogP contribution in [0.25, 0.3) is 0 Å². The van der Waals surface area contributed by atoms with Crippen LogP contribution < -0.4 is 15.5 Å². The molecule has 0 radical (unpaired) electrons. The summed E-state index contributed by atoms with van der Waals surface area (Å²) in [6.45, 7) is 1.96. The van der Waals surface area contributed by atoms with Crippen LogP contribution in [0, 0.1) is 5.92 Å². The zero-order valence-corrected chi connectivity index (χ0v) is 16.7.